The number of fused-ring (bicyclic) bond motifs is 5. The van der Waals surface area contributed by atoms with Gasteiger partial charge in [0, 0.05) is 34.8 Å². The molecule has 156 valence electrons. The average molecular weight is 404 g/mol. The lowest BCUT2D eigenvalue weighted by atomic mass is 9.43. The molecule has 0 spiro atoms. The predicted molar refractivity (Wildman–Crippen MR) is 114 cm³/mol. The molecular weight excluding hydrogens is 366 g/mol. The van der Waals surface area contributed by atoms with Crippen LogP contribution in [0.1, 0.15) is 71.6 Å². The molecule has 1 aliphatic heterocycles. The number of Topliss-reactive ketones (excluding diaryl/α,β-unsaturated/α-hetero) is 1. The first-order valence-corrected chi connectivity index (χ1v) is 12.7. The zero-order valence-electron chi connectivity index (χ0n) is 17.6. The first kappa shape index (κ1) is 19.6. The maximum absolute atomic E-state index is 12.6. The Morgan fingerprint density at radius 3 is 2.61 bits per heavy atom. The second-order valence-corrected chi connectivity index (χ2v) is 12.7. The highest BCUT2D eigenvalue weighted by Crippen LogP contribution is 2.67. The van der Waals surface area contributed by atoms with Crippen LogP contribution in [0.3, 0.4) is 0 Å². The van der Waals surface area contributed by atoms with E-state index in [2.05, 4.69) is 30.9 Å². The van der Waals surface area contributed by atoms with Crippen LogP contribution < -0.4 is 5.32 Å². The Balaban J connectivity index is 1.38. The number of hydrogen-bond donors (Lipinski definition) is 1. The van der Waals surface area contributed by atoms with E-state index in [1.165, 1.54) is 51.5 Å². The number of carbonyl (C=O) groups is 2. The van der Waals surface area contributed by atoms with Crippen molar-refractivity contribution in [2.24, 2.45) is 40.4 Å². The van der Waals surface area contributed by atoms with Gasteiger partial charge in [0.1, 0.15) is 12.1 Å². The smallest absolute Gasteiger partial charge is 0.139 e. The molecule has 1 saturated heterocycles. The first-order valence-electron chi connectivity index (χ1n) is 11.8. The summed E-state index contributed by atoms with van der Waals surface area (Å²) in [7, 11) is 0. The van der Waals surface area contributed by atoms with E-state index in [4.69, 9.17) is 0 Å². The van der Waals surface area contributed by atoms with Crippen molar-refractivity contribution in [2.45, 2.75) is 82.1 Å². The summed E-state index contributed by atoms with van der Waals surface area (Å²) in [6.45, 7) is 7.11. The molecule has 5 rings (SSSR count). The summed E-state index contributed by atoms with van der Waals surface area (Å²) < 4.78 is 0. The third-order valence-corrected chi connectivity index (χ3v) is 11.6. The van der Waals surface area contributed by atoms with Gasteiger partial charge in [-0.1, -0.05) is 13.8 Å². The van der Waals surface area contributed by atoms with Gasteiger partial charge in [0.05, 0.1) is 0 Å². The van der Waals surface area contributed by atoms with E-state index in [1.807, 2.05) is 0 Å². The number of carbonyl (C=O) groups excluding carboxylic acids is 2. The van der Waals surface area contributed by atoms with Crippen LogP contribution in [0.4, 0.5) is 0 Å². The normalized spacial score (nSPS) is 53.4. The molecule has 0 aromatic heterocycles. The zero-order valence-corrected chi connectivity index (χ0v) is 18.4. The van der Waals surface area contributed by atoms with Crippen LogP contribution in [-0.4, -0.2) is 35.7 Å². The van der Waals surface area contributed by atoms with Gasteiger partial charge in [-0.25, -0.2) is 0 Å². The van der Waals surface area contributed by atoms with Crippen LogP contribution in [0.5, 0.6) is 0 Å². The molecule has 28 heavy (non-hydrogen) atoms. The fourth-order valence-corrected chi connectivity index (χ4v) is 10.0. The van der Waals surface area contributed by atoms with Crippen LogP contribution in [0, 0.1) is 40.4 Å². The molecule has 1 heterocycles. The highest BCUT2D eigenvalue weighted by atomic mass is 32.2. The molecular formula is C24H37NO2S. The number of hydrogen-bond acceptors (Lipinski definition) is 4. The predicted octanol–water partition coefficient (Wildman–Crippen LogP) is 4.49. The monoisotopic (exact) mass is 403 g/mol. The zero-order chi connectivity index (χ0) is 19.5. The van der Waals surface area contributed by atoms with E-state index in [1.54, 1.807) is 0 Å². The summed E-state index contributed by atoms with van der Waals surface area (Å²) in [6.07, 6.45) is 11.7. The van der Waals surface area contributed by atoms with E-state index in [9.17, 15) is 9.59 Å². The molecule has 0 bridgehead atoms. The highest BCUT2D eigenvalue weighted by Gasteiger charge is 2.62. The summed E-state index contributed by atoms with van der Waals surface area (Å²) in [6, 6.07) is 0. The molecule has 5 aliphatic rings. The van der Waals surface area contributed by atoms with Crippen molar-refractivity contribution in [3.05, 3.63) is 0 Å². The lowest BCUT2D eigenvalue weighted by Crippen LogP contribution is -2.56. The summed E-state index contributed by atoms with van der Waals surface area (Å²) in [5.41, 5.74) is 0.229. The molecule has 1 N–H and O–H groups in total. The van der Waals surface area contributed by atoms with Crippen LogP contribution in [0.25, 0.3) is 0 Å². The minimum absolute atomic E-state index is 0.0830. The van der Waals surface area contributed by atoms with Gasteiger partial charge < -0.3 is 10.1 Å². The Morgan fingerprint density at radius 2 is 1.86 bits per heavy atom. The van der Waals surface area contributed by atoms with Gasteiger partial charge in [0.15, 0.2) is 0 Å². The number of thioether (sulfide) groups is 1. The van der Waals surface area contributed by atoms with Crippen LogP contribution in [0.2, 0.25) is 0 Å². The molecule has 5 fully saturated rings. The number of rotatable bonds is 3. The summed E-state index contributed by atoms with van der Waals surface area (Å²) in [4.78, 5) is 24.9. The standard InChI is InChI=1S/C24H37NO2S/c1-23-8-5-16(28-17-7-10-25-13-17)12-21(23)15(14-26)11-18-19-3-4-22(27)24(19,2)9-6-20(18)23/h14-21,25H,3-13H2,1-2H3/t15?,16-,17+,18+,19+,20+,21?,23-,24+/m1/s1. The molecule has 3 nitrogen and oxygen atoms in total. The quantitative estimate of drug-likeness (QED) is 0.706. The van der Waals surface area contributed by atoms with Gasteiger partial charge in [-0.05, 0) is 87.0 Å². The largest absolute Gasteiger partial charge is 0.316 e. The Bertz CT molecular complexity index is 647. The Hall–Kier alpha value is -0.350. The van der Waals surface area contributed by atoms with E-state index in [-0.39, 0.29) is 11.3 Å². The number of ketones is 1. The van der Waals surface area contributed by atoms with E-state index < -0.39 is 0 Å². The van der Waals surface area contributed by atoms with Gasteiger partial charge >= 0.3 is 0 Å². The molecule has 4 aliphatic carbocycles. The Kier molecular flexibility index (Phi) is 4.98. The van der Waals surface area contributed by atoms with Gasteiger partial charge in [0.25, 0.3) is 0 Å². The first-order chi connectivity index (χ1) is 13.5. The molecule has 0 radical (unpaired) electrons. The van der Waals surface area contributed by atoms with Crippen molar-refractivity contribution in [3.63, 3.8) is 0 Å². The fourth-order valence-electron chi connectivity index (χ4n) is 8.43. The molecule has 0 aromatic rings. The molecule has 4 saturated carbocycles. The molecule has 0 amide bonds. The van der Waals surface area contributed by atoms with Crippen molar-refractivity contribution in [1.29, 1.82) is 0 Å². The number of nitrogens with one attached hydrogen (secondary N) is 1. The summed E-state index contributed by atoms with van der Waals surface area (Å²) >= 11 is 2.22. The van der Waals surface area contributed by atoms with Crippen molar-refractivity contribution in [3.8, 4) is 0 Å². The van der Waals surface area contributed by atoms with Crippen molar-refractivity contribution < 1.29 is 9.59 Å². The topological polar surface area (TPSA) is 46.2 Å². The average Bonchev–Trinajstić information content (AvgIpc) is 3.30. The minimum atomic E-state index is -0.0830. The molecule has 4 heteroatoms. The van der Waals surface area contributed by atoms with E-state index in [0.29, 0.717) is 29.0 Å². The van der Waals surface area contributed by atoms with Crippen LogP contribution >= 0.6 is 11.8 Å². The SMILES string of the molecule is C[C@]12CC[C@@H](S[C@H]3CCNC3)CC1C(C=O)C[C@@H]1[C@@H]2CC[C@]2(C)C(=O)CC[C@@H]12. The van der Waals surface area contributed by atoms with Gasteiger partial charge in [0.2, 0.25) is 0 Å². The maximum atomic E-state index is 12.6. The number of aldehydes is 1. The van der Waals surface area contributed by atoms with Crippen molar-refractivity contribution in [2.75, 3.05) is 13.1 Å². The van der Waals surface area contributed by atoms with Crippen molar-refractivity contribution >= 4 is 23.8 Å². The molecule has 2 unspecified atom stereocenters. The van der Waals surface area contributed by atoms with E-state index in [0.717, 1.165) is 42.1 Å². The summed E-state index contributed by atoms with van der Waals surface area (Å²) in [5.74, 6) is 3.16. The second-order valence-electron chi connectivity index (χ2n) is 11.1. The molecule has 9 atom stereocenters. The lowest BCUT2D eigenvalue weighted by Gasteiger charge is -2.61. The van der Waals surface area contributed by atoms with Crippen LogP contribution in [-0.2, 0) is 9.59 Å². The highest BCUT2D eigenvalue weighted by molar-refractivity contribution is 8.00. The Morgan fingerprint density at radius 1 is 1.00 bits per heavy atom. The van der Waals surface area contributed by atoms with Crippen LogP contribution in [0.15, 0.2) is 0 Å². The Labute approximate surface area is 174 Å². The maximum Gasteiger partial charge on any atom is 0.139 e. The second kappa shape index (κ2) is 7.11. The fraction of sp³-hybridized carbons (Fsp3) is 0.917. The van der Waals surface area contributed by atoms with Crippen molar-refractivity contribution in [1.82, 2.24) is 5.32 Å². The summed E-state index contributed by atoms with van der Waals surface area (Å²) in [5, 5.41) is 5.02. The third-order valence-electron chi connectivity index (χ3n) is 10.00. The van der Waals surface area contributed by atoms with Gasteiger partial charge in [-0.15, -0.1) is 0 Å². The van der Waals surface area contributed by atoms with Gasteiger partial charge in [-0.3, -0.25) is 4.79 Å². The molecule has 0 aromatic carbocycles. The minimum Gasteiger partial charge on any atom is -0.316 e. The van der Waals surface area contributed by atoms with E-state index >= 15 is 0 Å². The van der Waals surface area contributed by atoms with Gasteiger partial charge in [-0.2, -0.15) is 11.8 Å². The third kappa shape index (κ3) is 2.87. The lowest BCUT2D eigenvalue weighted by molar-refractivity contribution is -0.149.